The van der Waals surface area contributed by atoms with Gasteiger partial charge in [0.05, 0.1) is 11.6 Å². The Morgan fingerprint density at radius 2 is 2.44 bits per heavy atom. The van der Waals surface area contributed by atoms with Crippen molar-refractivity contribution in [2.75, 3.05) is 13.1 Å². The number of likely N-dealkylation sites (tertiary alicyclic amines) is 1. The van der Waals surface area contributed by atoms with Gasteiger partial charge in [0, 0.05) is 30.9 Å². The summed E-state index contributed by atoms with van der Waals surface area (Å²) in [5.74, 6) is 0.146. The Hall–Kier alpha value is -1.62. The van der Waals surface area contributed by atoms with Crippen LogP contribution in [0.3, 0.4) is 0 Å². The molecule has 3 heterocycles. The molecule has 18 heavy (non-hydrogen) atoms. The molecule has 1 amide bonds. The van der Waals surface area contributed by atoms with Gasteiger partial charge in [0.25, 0.3) is 5.91 Å². The average Bonchev–Trinajstić information content (AvgIpc) is 3.11. The zero-order chi connectivity index (χ0) is 12.4. The summed E-state index contributed by atoms with van der Waals surface area (Å²) < 4.78 is 1.97. The lowest BCUT2D eigenvalue weighted by Gasteiger charge is -2.32. The van der Waals surface area contributed by atoms with Gasteiger partial charge in [-0.25, -0.2) is 0 Å². The van der Waals surface area contributed by atoms with Crippen LogP contribution in [0, 0.1) is 0 Å². The van der Waals surface area contributed by atoms with Crippen LogP contribution in [0.2, 0.25) is 0 Å². The van der Waals surface area contributed by atoms with Crippen LogP contribution in [0.4, 0.5) is 0 Å². The first-order valence-electron chi connectivity index (χ1n) is 6.15. The summed E-state index contributed by atoms with van der Waals surface area (Å²) in [4.78, 5) is 14.2. The van der Waals surface area contributed by atoms with Crippen molar-refractivity contribution in [3.8, 4) is 0 Å². The van der Waals surface area contributed by atoms with Crippen molar-refractivity contribution in [2.45, 2.75) is 18.9 Å². The molecule has 2 aromatic heterocycles. The van der Waals surface area contributed by atoms with E-state index >= 15 is 0 Å². The summed E-state index contributed by atoms with van der Waals surface area (Å²) in [6, 6.07) is 4.14. The van der Waals surface area contributed by atoms with E-state index in [0.29, 0.717) is 6.04 Å². The van der Waals surface area contributed by atoms with Crippen molar-refractivity contribution in [3.63, 3.8) is 0 Å². The van der Waals surface area contributed by atoms with E-state index in [0.717, 1.165) is 31.5 Å². The van der Waals surface area contributed by atoms with E-state index in [2.05, 4.69) is 5.10 Å². The maximum absolute atomic E-state index is 12.3. The molecule has 0 N–H and O–H groups in total. The van der Waals surface area contributed by atoms with E-state index in [1.54, 1.807) is 17.5 Å². The highest BCUT2D eigenvalue weighted by Gasteiger charge is 2.25. The second-order valence-corrected chi connectivity index (χ2v) is 5.33. The fourth-order valence-corrected chi connectivity index (χ4v) is 3.05. The lowest BCUT2D eigenvalue weighted by Crippen LogP contribution is -2.40. The van der Waals surface area contributed by atoms with Gasteiger partial charge in [-0.1, -0.05) is 0 Å². The Labute approximate surface area is 110 Å². The summed E-state index contributed by atoms with van der Waals surface area (Å²) in [7, 11) is 0. The van der Waals surface area contributed by atoms with E-state index in [1.165, 1.54) is 0 Å². The molecule has 1 fully saturated rings. The largest absolute Gasteiger partial charge is 0.336 e. The van der Waals surface area contributed by atoms with E-state index in [-0.39, 0.29) is 5.91 Å². The van der Waals surface area contributed by atoms with Gasteiger partial charge in [-0.2, -0.15) is 16.4 Å². The van der Waals surface area contributed by atoms with Gasteiger partial charge in [-0.15, -0.1) is 0 Å². The fraction of sp³-hybridized carbons (Fsp3) is 0.385. The number of hydrogen-bond acceptors (Lipinski definition) is 3. The second kappa shape index (κ2) is 4.94. The molecule has 1 aliphatic heterocycles. The number of amides is 1. The van der Waals surface area contributed by atoms with E-state index in [1.807, 2.05) is 38.7 Å². The minimum Gasteiger partial charge on any atom is -0.336 e. The number of piperidine rings is 1. The van der Waals surface area contributed by atoms with E-state index in [9.17, 15) is 4.79 Å². The monoisotopic (exact) mass is 261 g/mol. The predicted molar refractivity (Wildman–Crippen MR) is 70.7 cm³/mol. The number of hydrogen-bond donors (Lipinski definition) is 0. The van der Waals surface area contributed by atoms with Gasteiger partial charge in [0.15, 0.2) is 0 Å². The third kappa shape index (κ3) is 2.18. The van der Waals surface area contributed by atoms with Crippen molar-refractivity contribution < 1.29 is 4.79 Å². The Morgan fingerprint density at radius 3 is 3.17 bits per heavy atom. The Kier molecular flexibility index (Phi) is 3.15. The fourth-order valence-electron chi connectivity index (χ4n) is 2.42. The van der Waals surface area contributed by atoms with E-state index < -0.39 is 0 Å². The maximum atomic E-state index is 12.3. The Balaban J connectivity index is 1.73. The summed E-state index contributed by atoms with van der Waals surface area (Å²) in [5.41, 5.74) is 0.807. The smallest absolute Gasteiger partial charge is 0.254 e. The number of carbonyl (C=O) groups excluding carboxylic acids is 1. The maximum Gasteiger partial charge on any atom is 0.254 e. The van der Waals surface area contributed by atoms with Crippen molar-refractivity contribution in [1.82, 2.24) is 14.7 Å². The summed E-state index contributed by atoms with van der Waals surface area (Å²) in [5, 5.41) is 8.14. The third-order valence-electron chi connectivity index (χ3n) is 3.35. The van der Waals surface area contributed by atoms with Gasteiger partial charge < -0.3 is 4.90 Å². The molecule has 0 aliphatic carbocycles. The predicted octanol–water partition coefficient (Wildman–Crippen LogP) is 2.42. The number of nitrogens with zero attached hydrogens (tertiary/aromatic N) is 3. The van der Waals surface area contributed by atoms with Gasteiger partial charge in [-0.3, -0.25) is 9.48 Å². The molecule has 0 aromatic carbocycles. The molecule has 0 bridgehead atoms. The van der Waals surface area contributed by atoms with Crippen LogP contribution >= 0.6 is 11.3 Å². The first-order chi connectivity index (χ1) is 8.84. The molecule has 1 aliphatic rings. The van der Waals surface area contributed by atoms with Crippen LogP contribution in [0.5, 0.6) is 0 Å². The lowest BCUT2D eigenvalue weighted by molar-refractivity contribution is 0.0673. The lowest BCUT2D eigenvalue weighted by atomic mass is 10.1. The molecular weight excluding hydrogens is 246 g/mol. The zero-order valence-electron chi connectivity index (χ0n) is 10.0. The number of aromatic nitrogens is 2. The molecule has 4 nitrogen and oxygen atoms in total. The molecular formula is C13H15N3OS. The van der Waals surface area contributed by atoms with Crippen LogP contribution in [-0.2, 0) is 0 Å². The van der Waals surface area contributed by atoms with Crippen molar-refractivity contribution in [2.24, 2.45) is 0 Å². The Bertz CT molecular complexity index is 506. The molecule has 1 unspecified atom stereocenters. The van der Waals surface area contributed by atoms with Crippen LogP contribution in [0.1, 0.15) is 29.2 Å². The van der Waals surface area contributed by atoms with Crippen molar-refractivity contribution >= 4 is 17.2 Å². The summed E-state index contributed by atoms with van der Waals surface area (Å²) >= 11 is 1.57. The van der Waals surface area contributed by atoms with Crippen molar-refractivity contribution in [3.05, 3.63) is 40.8 Å². The SMILES string of the molecule is O=C(c1ccsc1)N1CCCC(n2cccn2)C1. The third-order valence-corrected chi connectivity index (χ3v) is 4.03. The standard InChI is InChI=1S/C13H15N3OS/c17-13(11-4-8-18-10-11)15-6-1-3-12(9-15)16-7-2-5-14-16/h2,4-5,7-8,10,12H,1,3,6,9H2. The minimum absolute atomic E-state index is 0.146. The van der Waals surface area contributed by atoms with Crippen LogP contribution in [-0.4, -0.2) is 33.7 Å². The minimum atomic E-state index is 0.146. The van der Waals surface area contributed by atoms with Gasteiger partial charge in [0.1, 0.15) is 0 Å². The second-order valence-electron chi connectivity index (χ2n) is 4.55. The van der Waals surface area contributed by atoms with Crippen molar-refractivity contribution in [1.29, 1.82) is 0 Å². The summed E-state index contributed by atoms with van der Waals surface area (Å²) in [6.07, 6.45) is 5.90. The zero-order valence-corrected chi connectivity index (χ0v) is 10.8. The van der Waals surface area contributed by atoms with Crippen LogP contribution in [0.25, 0.3) is 0 Å². The number of thiophene rings is 1. The highest BCUT2D eigenvalue weighted by molar-refractivity contribution is 7.08. The summed E-state index contributed by atoms with van der Waals surface area (Å²) in [6.45, 7) is 1.61. The highest BCUT2D eigenvalue weighted by atomic mass is 32.1. The van der Waals surface area contributed by atoms with E-state index in [4.69, 9.17) is 0 Å². The molecule has 3 rings (SSSR count). The molecule has 2 aromatic rings. The molecule has 5 heteroatoms. The van der Waals surface area contributed by atoms with Crippen LogP contribution < -0.4 is 0 Å². The Morgan fingerprint density at radius 1 is 1.50 bits per heavy atom. The van der Waals surface area contributed by atoms with Crippen LogP contribution in [0.15, 0.2) is 35.3 Å². The normalized spacial score (nSPS) is 20.0. The highest BCUT2D eigenvalue weighted by Crippen LogP contribution is 2.22. The molecule has 94 valence electrons. The van der Waals surface area contributed by atoms with Gasteiger partial charge in [0.2, 0.25) is 0 Å². The molecule has 1 saturated heterocycles. The molecule has 1 atom stereocenters. The van der Waals surface area contributed by atoms with Gasteiger partial charge in [-0.05, 0) is 30.4 Å². The molecule has 0 spiro atoms. The quantitative estimate of drug-likeness (QED) is 0.832. The first kappa shape index (κ1) is 11.5. The molecule has 0 radical (unpaired) electrons. The number of rotatable bonds is 2. The first-order valence-corrected chi connectivity index (χ1v) is 7.09. The topological polar surface area (TPSA) is 38.1 Å². The van der Waals surface area contributed by atoms with Gasteiger partial charge >= 0.3 is 0 Å². The molecule has 0 saturated carbocycles. The number of carbonyl (C=O) groups is 1. The average molecular weight is 261 g/mol.